The number of aryl methyl sites for hydroxylation is 1. The number of rotatable bonds is 5. The number of carbonyl (C=O) groups excluding carboxylic acids is 1. The fourth-order valence-corrected chi connectivity index (χ4v) is 5.97. The van der Waals surface area contributed by atoms with Gasteiger partial charge in [-0.3, -0.25) is 4.79 Å². The van der Waals surface area contributed by atoms with Crippen LogP contribution in [0.4, 0.5) is 0 Å². The molecule has 0 spiro atoms. The zero-order chi connectivity index (χ0) is 18.9. The minimum Gasteiger partial charge on any atom is -0.495 e. The van der Waals surface area contributed by atoms with Crippen molar-refractivity contribution in [3.8, 4) is 5.75 Å². The smallest absolute Gasteiger partial charge is 0.254 e. The summed E-state index contributed by atoms with van der Waals surface area (Å²) in [5.74, 6) is 0.401. The maximum Gasteiger partial charge on any atom is 0.254 e. The third-order valence-electron chi connectivity index (χ3n) is 4.59. The molecule has 5 nitrogen and oxygen atoms in total. The summed E-state index contributed by atoms with van der Waals surface area (Å²) in [6, 6.07) is 6.55. The van der Waals surface area contributed by atoms with Crippen LogP contribution in [0.5, 0.6) is 5.75 Å². The number of carbonyl (C=O) groups is 1. The highest BCUT2D eigenvalue weighted by Crippen LogP contribution is 2.29. The Bertz CT molecular complexity index is 923. The largest absolute Gasteiger partial charge is 0.495 e. The van der Waals surface area contributed by atoms with Crippen molar-refractivity contribution in [2.75, 3.05) is 18.6 Å². The zero-order valence-electron chi connectivity index (χ0n) is 14.6. The van der Waals surface area contributed by atoms with Gasteiger partial charge in [-0.1, -0.05) is 11.6 Å². The summed E-state index contributed by atoms with van der Waals surface area (Å²) in [6.07, 6.45) is 0.461. The Labute approximate surface area is 162 Å². The van der Waals surface area contributed by atoms with Crippen molar-refractivity contribution in [2.45, 2.75) is 25.9 Å². The first kappa shape index (κ1) is 19.2. The van der Waals surface area contributed by atoms with Crippen molar-refractivity contribution < 1.29 is 17.9 Å². The molecule has 1 amide bonds. The van der Waals surface area contributed by atoms with Crippen molar-refractivity contribution in [3.63, 3.8) is 0 Å². The lowest BCUT2D eigenvalue weighted by Crippen LogP contribution is -2.40. The molecule has 1 fully saturated rings. The van der Waals surface area contributed by atoms with E-state index in [-0.39, 0.29) is 23.5 Å². The Morgan fingerprint density at radius 1 is 1.38 bits per heavy atom. The van der Waals surface area contributed by atoms with Gasteiger partial charge >= 0.3 is 0 Å². The monoisotopic (exact) mass is 413 g/mol. The fraction of sp³-hybridized carbons (Fsp3) is 0.389. The molecule has 2 aromatic rings. The van der Waals surface area contributed by atoms with Gasteiger partial charge in [-0.25, -0.2) is 8.42 Å². The number of ether oxygens (including phenoxy) is 1. The minimum atomic E-state index is -3.10. The van der Waals surface area contributed by atoms with Crippen molar-refractivity contribution in [1.82, 2.24) is 4.90 Å². The quantitative estimate of drug-likeness (QED) is 0.751. The van der Waals surface area contributed by atoms with Crippen LogP contribution in [0.3, 0.4) is 0 Å². The van der Waals surface area contributed by atoms with E-state index in [9.17, 15) is 13.2 Å². The van der Waals surface area contributed by atoms with Gasteiger partial charge < -0.3 is 9.64 Å². The maximum absolute atomic E-state index is 13.2. The number of methoxy groups -OCH3 is 1. The van der Waals surface area contributed by atoms with Gasteiger partial charge in [0.15, 0.2) is 9.84 Å². The lowest BCUT2D eigenvalue weighted by Gasteiger charge is -2.28. The molecular formula is C18H20ClNO4S2. The summed E-state index contributed by atoms with van der Waals surface area (Å²) in [5.41, 5.74) is 1.52. The first-order valence-electron chi connectivity index (χ1n) is 8.18. The third kappa shape index (κ3) is 4.05. The van der Waals surface area contributed by atoms with Crippen molar-refractivity contribution in [1.29, 1.82) is 0 Å². The van der Waals surface area contributed by atoms with E-state index >= 15 is 0 Å². The molecule has 1 aliphatic rings. The molecule has 140 valence electrons. The summed E-state index contributed by atoms with van der Waals surface area (Å²) < 4.78 is 29.0. The van der Waals surface area contributed by atoms with Crippen molar-refractivity contribution in [3.05, 3.63) is 50.7 Å². The lowest BCUT2D eigenvalue weighted by molar-refractivity contribution is 0.0683. The number of nitrogens with zero attached hydrogens (tertiary/aromatic N) is 1. The normalized spacial score (nSPS) is 18.7. The van der Waals surface area contributed by atoms with Gasteiger partial charge in [0.1, 0.15) is 5.75 Å². The molecular weight excluding hydrogens is 394 g/mol. The fourth-order valence-electron chi connectivity index (χ4n) is 3.07. The minimum absolute atomic E-state index is 0.00699. The van der Waals surface area contributed by atoms with Gasteiger partial charge in [0.05, 0.1) is 30.2 Å². The van der Waals surface area contributed by atoms with Crippen molar-refractivity contribution >= 4 is 38.7 Å². The van der Waals surface area contributed by atoms with Gasteiger partial charge in [0.2, 0.25) is 0 Å². The van der Waals surface area contributed by atoms with Crippen LogP contribution in [-0.4, -0.2) is 43.9 Å². The number of hydrogen-bond donors (Lipinski definition) is 0. The predicted octanol–water partition coefficient (Wildman–Crippen LogP) is 3.55. The number of halogens is 1. The predicted molar refractivity (Wildman–Crippen MR) is 104 cm³/mol. The topological polar surface area (TPSA) is 63.7 Å². The highest BCUT2D eigenvalue weighted by atomic mass is 35.5. The van der Waals surface area contributed by atoms with Crippen LogP contribution in [0.25, 0.3) is 0 Å². The van der Waals surface area contributed by atoms with Crippen LogP contribution in [0.2, 0.25) is 5.02 Å². The van der Waals surface area contributed by atoms with Gasteiger partial charge in [-0.05, 0) is 48.6 Å². The molecule has 1 atom stereocenters. The molecule has 0 N–H and O–H groups in total. The van der Waals surface area contributed by atoms with E-state index in [4.69, 9.17) is 16.3 Å². The van der Waals surface area contributed by atoms with Crippen LogP contribution in [0.1, 0.15) is 27.2 Å². The molecule has 0 saturated carbocycles. The van der Waals surface area contributed by atoms with E-state index in [0.29, 0.717) is 29.3 Å². The number of amides is 1. The summed E-state index contributed by atoms with van der Waals surface area (Å²) >= 11 is 7.73. The highest BCUT2D eigenvalue weighted by molar-refractivity contribution is 7.91. The van der Waals surface area contributed by atoms with Crippen LogP contribution in [0.15, 0.2) is 29.6 Å². The average Bonchev–Trinajstić information content (AvgIpc) is 3.16. The first-order valence-corrected chi connectivity index (χ1v) is 11.3. The van der Waals surface area contributed by atoms with Gasteiger partial charge in [0.25, 0.3) is 5.91 Å². The number of thiophene rings is 1. The van der Waals surface area contributed by atoms with E-state index in [2.05, 4.69) is 0 Å². The molecule has 26 heavy (non-hydrogen) atoms. The first-order chi connectivity index (χ1) is 12.3. The van der Waals surface area contributed by atoms with Gasteiger partial charge in [-0.15, -0.1) is 11.3 Å². The van der Waals surface area contributed by atoms with Crippen LogP contribution >= 0.6 is 22.9 Å². The van der Waals surface area contributed by atoms with Crippen molar-refractivity contribution in [2.24, 2.45) is 0 Å². The van der Waals surface area contributed by atoms with Crippen LogP contribution in [0, 0.1) is 6.92 Å². The Morgan fingerprint density at radius 3 is 2.69 bits per heavy atom. The third-order valence-corrected chi connectivity index (χ3v) is 7.64. The summed E-state index contributed by atoms with van der Waals surface area (Å²) in [7, 11) is -1.59. The van der Waals surface area contributed by atoms with E-state index in [1.807, 2.05) is 18.4 Å². The molecule has 1 aromatic carbocycles. The van der Waals surface area contributed by atoms with Crippen LogP contribution in [-0.2, 0) is 16.4 Å². The highest BCUT2D eigenvalue weighted by Gasteiger charge is 2.35. The zero-order valence-corrected chi connectivity index (χ0v) is 17.0. The summed E-state index contributed by atoms with van der Waals surface area (Å²) in [4.78, 5) is 15.9. The second-order valence-corrected chi connectivity index (χ2v) is 10.0. The van der Waals surface area contributed by atoms with Gasteiger partial charge in [-0.2, -0.15) is 0 Å². The molecule has 8 heteroatoms. The summed E-state index contributed by atoms with van der Waals surface area (Å²) in [5, 5.41) is 2.33. The lowest BCUT2D eigenvalue weighted by atomic mass is 10.1. The Kier molecular flexibility index (Phi) is 5.60. The second-order valence-electron chi connectivity index (χ2n) is 6.37. The van der Waals surface area contributed by atoms with E-state index in [0.717, 1.165) is 10.4 Å². The molecule has 3 rings (SSSR count). The van der Waals surface area contributed by atoms with E-state index in [1.54, 1.807) is 34.4 Å². The number of sulfone groups is 1. The van der Waals surface area contributed by atoms with Gasteiger partial charge in [0, 0.05) is 16.5 Å². The molecule has 1 aromatic heterocycles. The molecule has 0 bridgehead atoms. The molecule has 1 saturated heterocycles. The maximum atomic E-state index is 13.2. The van der Waals surface area contributed by atoms with E-state index < -0.39 is 9.84 Å². The average molecular weight is 414 g/mol. The summed E-state index contributed by atoms with van der Waals surface area (Å²) in [6.45, 7) is 2.39. The Morgan fingerprint density at radius 2 is 2.15 bits per heavy atom. The standard InChI is InChI=1S/C18H20ClNO4S2/c1-12-5-7-25-17(12)10-20(14-6-8-26(22,23)11-14)18(21)13-3-4-16(24-2)15(19)9-13/h3-5,7,9,14H,6,8,10-11H2,1-2H3/t14-/m1/s1. The van der Waals surface area contributed by atoms with E-state index in [1.165, 1.54) is 7.11 Å². The molecule has 1 aliphatic heterocycles. The SMILES string of the molecule is COc1ccc(C(=O)N(Cc2sccc2C)[C@@H]2CCS(=O)(=O)C2)cc1Cl. The molecule has 0 aliphatic carbocycles. The number of hydrogen-bond acceptors (Lipinski definition) is 5. The Balaban J connectivity index is 1.93. The molecule has 2 heterocycles. The molecule has 0 radical (unpaired) electrons. The second kappa shape index (κ2) is 7.58. The Hall–Kier alpha value is -1.57. The molecule has 0 unspecified atom stereocenters. The van der Waals surface area contributed by atoms with Crippen LogP contribution < -0.4 is 4.74 Å². The number of benzene rings is 1.